The number of imidazole rings is 2. The van der Waals surface area contributed by atoms with Crippen LogP contribution in [0.3, 0.4) is 0 Å². The average molecular weight is 879 g/mol. The van der Waals surface area contributed by atoms with Crippen molar-refractivity contribution in [1.82, 2.24) is 40.4 Å². The largest absolute Gasteiger partial charge is 0.461 e. The lowest BCUT2D eigenvalue weighted by molar-refractivity contribution is -0.135. The third-order valence-electron chi connectivity index (χ3n) is 11.8. The van der Waals surface area contributed by atoms with Gasteiger partial charge >= 0.3 is 18.2 Å². The van der Waals surface area contributed by atoms with Crippen LogP contribution < -0.4 is 10.6 Å². The molecule has 4 atom stereocenters. The predicted molar refractivity (Wildman–Crippen MR) is 240 cm³/mol. The van der Waals surface area contributed by atoms with E-state index in [-0.39, 0.29) is 30.2 Å². The van der Waals surface area contributed by atoms with Crippen LogP contribution in [0.25, 0.3) is 33.6 Å². The quantitative estimate of drug-likeness (QED) is 0.0655. The fourth-order valence-corrected chi connectivity index (χ4v) is 8.61. The third kappa shape index (κ3) is 9.47. The third-order valence-corrected chi connectivity index (χ3v) is 11.8. The number of aromatic nitrogens is 4. The van der Waals surface area contributed by atoms with E-state index < -0.39 is 36.3 Å². The van der Waals surface area contributed by atoms with Gasteiger partial charge in [-0.15, -0.1) is 0 Å². The summed E-state index contributed by atoms with van der Waals surface area (Å²) in [5.74, 6) is -0.0114. The zero-order valence-corrected chi connectivity index (χ0v) is 36.3. The molecule has 2 fully saturated rings. The zero-order valence-electron chi connectivity index (χ0n) is 36.3. The van der Waals surface area contributed by atoms with Crippen molar-refractivity contribution in [2.24, 2.45) is 0 Å². The average Bonchev–Trinajstić information content (AvgIpc) is 4.20. The minimum Gasteiger partial charge on any atom is -0.461 e. The number of amides is 4. The molecule has 2 saturated heterocycles. The van der Waals surface area contributed by atoms with Crippen molar-refractivity contribution in [3.63, 3.8) is 0 Å². The van der Waals surface area contributed by atoms with Gasteiger partial charge in [0, 0.05) is 18.7 Å². The van der Waals surface area contributed by atoms with E-state index in [4.69, 9.17) is 24.2 Å². The van der Waals surface area contributed by atoms with Gasteiger partial charge in [0.2, 0.25) is 0 Å². The van der Waals surface area contributed by atoms with Crippen LogP contribution in [0.1, 0.15) is 90.0 Å². The molecule has 2 aromatic heterocycles. The highest BCUT2D eigenvalue weighted by atomic mass is 16.5. The maximum Gasteiger partial charge on any atom is 0.407 e. The maximum absolute atomic E-state index is 14.1. The van der Waals surface area contributed by atoms with Gasteiger partial charge in [-0.3, -0.25) is 9.59 Å². The molecule has 16 nitrogen and oxygen atoms in total. The van der Waals surface area contributed by atoms with Gasteiger partial charge in [-0.2, -0.15) is 0 Å². The molecule has 4 N–H and O–H groups in total. The Morgan fingerprint density at radius 3 is 1.62 bits per heavy atom. The molecule has 65 heavy (non-hydrogen) atoms. The Morgan fingerprint density at radius 1 is 0.646 bits per heavy atom. The summed E-state index contributed by atoms with van der Waals surface area (Å²) >= 11 is 0. The summed E-state index contributed by atoms with van der Waals surface area (Å²) in [6.07, 6.45) is 3.15. The van der Waals surface area contributed by atoms with Crippen molar-refractivity contribution in [2.45, 2.75) is 56.8 Å². The minimum atomic E-state index is -0.986. The van der Waals surface area contributed by atoms with Crippen molar-refractivity contribution in [1.29, 1.82) is 0 Å². The fourth-order valence-electron chi connectivity index (χ4n) is 8.61. The number of likely N-dealkylation sites (tertiary alicyclic amines) is 2. The number of rotatable bonds is 13. The number of alkyl carbamates (subject to hydrolysis) is 2. The second-order valence-electron chi connectivity index (χ2n) is 15.7. The van der Waals surface area contributed by atoms with Gasteiger partial charge in [-0.1, -0.05) is 109 Å². The van der Waals surface area contributed by atoms with Gasteiger partial charge in [0.25, 0.3) is 11.8 Å². The van der Waals surface area contributed by atoms with E-state index in [2.05, 4.69) is 20.6 Å². The second kappa shape index (κ2) is 19.7. The molecule has 334 valence electrons. The Labute approximate surface area is 375 Å². The number of carbonyl (C=O) groups is 5. The summed E-state index contributed by atoms with van der Waals surface area (Å²) in [5, 5.41) is 5.39. The first kappa shape index (κ1) is 43.9. The van der Waals surface area contributed by atoms with E-state index in [0.29, 0.717) is 60.0 Å². The summed E-state index contributed by atoms with van der Waals surface area (Å²) in [6.45, 7) is 2.86. The first-order chi connectivity index (χ1) is 31.7. The van der Waals surface area contributed by atoms with Crippen LogP contribution in [-0.4, -0.2) is 93.6 Å². The Balaban J connectivity index is 0.988. The van der Waals surface area contributed by atoms with Gasteiger partial charge in [0.1, 0.15) is 29.4 Å². The smallest absolute Gasteiger partial charge is 0.407 e. The SMILES string of the molecule is CCOC(=O)c1[nH]c([C@@H]2CCCN2C(=O)[C@H](NC(=O)OC)c2ccccc2)nc1-c1ccc(-c2ccc(-c3cnc(C4CCCN4C(=O)[C@@H](NC(=O)OC)c4ccccc4)[nH]3)cc2)cc1. The van der Waals surface area contributed by atoms with Crippen molar-refractivity contribution in [3.8, 4) is 33.6 Å². The monoisotopic (exact) mass is 878 g/mol. The molecule has 4 amide bonds. The molecule has 0 saturated carbocycles. The highest BCUT2D eigenvalue weighted by molar-refractivity contribution is 5.95. The van der Waals surface area contributed by atoms with E-state index in [0.717, 1.165) is 35.2 Å². The summed E-state index contributed by atoms with van der Waals surface area (Å²) in [6, 6.07) is 31.1. The molecular formula is C49H50N8O8. The van der Waals surface area contributed by atoms with Crippen LogP contribution in [0.4, 0.5) is 9.59 Å². The number of H-pyrrole nitrogens is 2. The lowest BCUT2D eigenvalue weighted by atomic mass is 10.0. The molecule has 1 unspecified atom stereocenters. The van der Waals surface area contributed by atoms with E-state index in [1.807, 2.05) is 72.8 Å². The number of nitrogens with one attached hydrogen (secondary N) is 4. The normalized spacial score (nSPS) is 16.7. The number of methoxy groups -OCH3 is 2. The van der Waals surface area contributed by atoms with Crippen LogP contribution in [0.15, 0.2) is 115 Å². The number of aromatic amines is 2. The number of hydrogen-bond donors (Lipinski definition) is 4. The lowest BCUT2D eigenvalue weighted by Crippen LogP contribution is -2.42. The van der Waals surface area contributed by atoms with Crippen molar-refractivity contribution in [3.05, 3.63) is 144 Å². The topological polar surface area (TPSA) is 201 Å². The Bertz CT molecular complexity index is 2630. The van der Waals surface area contributed by atoms with E-state index >= 15 is 0 Å². The lowest BCUT2D eigenvalue weighted by Gasteiger charge is -2.28. The van der Waals surface area contributed by atoms with Crippen LogP contribution in [-0.2, 0) is 23.8 Å². The minimum absolute atomic E-state index is 0.164. The van der Waals surface area contributed by atoms with Crippen molar-refractivity contribution < 1.29 is 38.2 Å². The molecule has 0 bridgehead atoms. The number of benzene rings is 4. The van der Waals surface area contributed by atoms with Gasteiger partial charge in [0.15, 0.2) is 5.69 Å². The number of hydrogen-bond acceptors (Lipinski definition) is 10. The van der Waals surface area contributed by atoms with Crippen LogP contribution >= 0.6 is 0 Å². The second-order valence-corrected chi connectivity index (χ2v) is 15.7. The van der Waals surface area contributed by atoms with E-state index in [1.165, 1.54) is 14.2 Å². The van der Waals surface area contributed by atoms with Gasteiger partial charge in [-0.25, -0.2) is 24.4 Å². The first-order valence-electron chi connectivity index (χ1n) is 21.6. The fraction of sp³-hybridized carbons (Fsp3) is 0.286. The highest BCUT2D eigenvalue weighted by Gasteiger charge is 2.39. The summed E-state index contributed by atoms with van der Waals surface area (Å²) < 4.78 is 15.1. The van der Waals surface area contributed by atoms with Gasteiger partial charge < -0.3 is 44.6 Å². The van der Waals surface area contributed by atoms with Crippen LogP contribution in [0.2, 0.25) is 0 Å². The summed E-state index contributed by atoms with van der Waals surface area (Å²) in [7, 11) is 2.52. The first-order valence-corrected chi connectivity index (χ1v) is 21.6. The Morgan fingerprint density at radius 2 is 1.12 bits per heavy atom. The molecule has 16 heteroatoms. The highest BCUT2D eigenvalue weighted by Crippen LogP contribution is 2.37. The van der Waals surface area contributed by atoms with Crippen molar-refractivity contribution in [2.75, 3.05) is 33.9 Å². The molecular weight excluding hydrogens is 829 g/mol. The van der Waals surface area contributed by atoms with E-state index in [9.17, 15) is 24.0 Å². The molecule has 0 radical (unpaired) electrons. The number of esters is 1. The number of carbonyl (C=O) groups excluding carboxylic acids is 5. The van der Waals surface area contributed by atoms with Crippen molar-refractivity contribution >= 4 is 30.0 Å². The molecule has 2 aliphatic rings. The molecule has 4 aromatic carbocycles. The summed E-state index contributed by atoms with van der Waals surface area (Å²) in [4.78, 5) is 85.7. The standard InChI is InChI=1S/C49H50N8O8/c1-4-65-47(60)42-39(52-44(53-42)38-18-12-28-57(38)46(59)41(55-49(62)64-3)34-15-9-6-10-16-34)35-25-21-31(22-26-35)30-19-23-32(24-20-30)36-29-50-43(51-36)37-17-11-27-56(37)45(58)40(54-48(61)63-2)33-13-7-5-8-14-33/h5-10,13-16,19-26,29,37-38,40-41H,4,11-12,17-18,27-28H2,1-3H3,(H,50,51)(H,52,53)(H,54,61)(H,55,62)/t37?,38-,40-,41+/m0/s1. The van der Waals surface area contributed by atoms with Gasteiger partial charge in [-0.05, 0) is 60.4 Å². The number of ether oxygens (including phenoxy) is 3. The van der Waals surface area contributed by atoms with Crippen LogP contribution in [0, 0.1) is 0 Å². The Kier molecular flexibility index (Phi) is 13.3. The van der Waals surface area contributed by atoms with Crippen LogP contribution in [0.5, 0.6) is 0 Å². The van der Waals surface area contributed by atoms with E-state index in [1.54, 1.807) is 59.3 Å². The molecule has 0 spiro atoms. The molecule has 2 aliphatic heterocycles. The molecule has 8 rings (SSSR count). The zero-order chi connectivity index (χ0) is 45.5. The molecule has 6 aromatic rings. The number of nitrogens with zero attached hydrogens (tertiary/aromatic N) is 4. The summed E-state index contributed by atoms with van der Waals surface area (Å²) in [5.41, 5.74) is 6.14. The molecule has 0 aliphatic carbocycles. The maximum atomic E-state index is 14.1. The van der Waals surface area contributed by atoms with Gasteiger partial charge in [0.05, 0.1) is 44.8 Å². The Hall–Kier alpha value is -7.75. The predicted octanol–water partition coefficient (Wildman–Crippen LogP) is 7.83. The molecule has 4 heterocycles.